The summed E-state index contributed by atoms with van der Waals surface area (Å²) >= 11 is 5.71. The van der Waals surface area contributed by atoms with E-state index in [0.717, 1.165) is 26.1 Å². The van der Waals surface area contributed by atoms with Gasteiger partial charge in [0.25, 0.3) is 11.6 Å². The molecular formula is C14H21ClN3O3+. The van der Waals surface area contributed by atoms with Gasteiger partial charge in [0.2, 0.25) is 0 Å². The van der Waals surface area contributed by atoms with E-state index in [9.17, 15) is 14.9 Å². The van der Waals surface area contributed by atoms with Gasteiger partial charge in [-0.2, -0.15) is 0 Å². The van der Waals surface area contributed by atoms with Gasteiger partial charge in [-0.15, -0.1) is 0 Å². The average molecular weight is 315 g/mol. The normalized spacial score (nSPS) is 10.7. The van der Waals surface area contributed by atoms with Crippen molar-refractivity contribution < 1.29 is 14.6 Å². The fraction of sp³-hybridized carbons (Fsp3) is 0.500. The summed E-state index contributed by atoms with van der Waals surface area (Å²) in [7, 11) is 0. The first kappa shape index (κ1) is 17.4. The zero-order valence-electron chi connectivity index (χ0n) is 12.3. The number of nitrogens with one attached hydrogen (secondary N) is 2. The molecule has 0 heterocycles. The van der Waals surface area contributed by atoms with Crippen molar-refractivity contribution in [3.8, 4) is 0 Å². The van der Waals surface area contributed by atoms with E-state index in [4.69, 9.17) is 11.6 Å². The zero-order valence-corrected chi connectivity index (χ0v) is 13.1. The first-order chi connectivity index (χ1) is 9.99. The van der Waals surface area contributed by atoms with Gasteiger partial charge in [-0.1, -0.05) is 11.6 Å². The summed E-state index contributed by atoms with van der Waals surface area (Å²) in [4.78, 5) is 23.6. The number of benzene rings is 1. The lowest BCUT2D eigenvalue weighted by molar-refractivity contribution is -0.896. The lowest BCUT2D eigenvalue weighted by Crippen LogP contribution is -3.11. The minimum atomic E-state index is -0.594. The van der Waals surface area contributed by atoms with E-state index in [1.165, 1.54) is 23.1 Å². The highest BCUT2D eigenvalue weighted by molar-refractivity contribution is 6.32. The Labute approximate surface area is 129 Å². The van der Waals surface area contributed by atoms with Gasteiger partial charge in [0.05, 0.1) is 24.6 Å². The maximum absolute atomic E-state index is 11.9. The highest BCUT2D eigenvalue weighted by Crippen LogP contribution is 2.24. The van der Waals surface area contributed by atoms with E-state index in [-0.39, 0.29) is 22.2 Å². The molecule has 1 rings (SSSR count). The maximum atomic E-state index is 11.9. The largest absolute Gasteiger partial charge is 0.352 e. The standard InChI is InChI=1S/C14H20ClN3O3/c1-3-17(4-2)9-5-8-16-14(19)11-6-7-12(15)13(10-11)18(20)21/h6-7,10H,3-5,8-9H2,1-2H3,(H,16,19)/p+1. The van der Waals surface area contributed by atoms with E-state index >= 15 is 0 Å². The van der Waals surface area contributed by atoms with Crippen molar-refractivity contribution in [2.75, 3.05) is 26.2 Å². The number of nitro groups is 1. The first-order valence-corrected chi connectivity index (χ1v) is 7.43. The predicted molar refractivity (Wildman–Crippen MR) is 82.0 cm³/mol. The Kier molecular flexibility index (Phi) is 7.11. The summed E-state index contributed by atoms with van der Waals surface area (Å²) in [5.41, 5.74) is -0.00168. The van der Waals surface area contributed by atoms with Gasteiger partial charge in [-0.3, -0.25) is 14.9 Å². The predicted octanol–water partition coefficient (Wildman–Crippen LogP) is 1.29. The van der Waals surface area contributed by atoms with Crippen LogP contribution in [0.4, 0.5) is 5.69 Å². The third-order valence-electron chi connectivity index (χ3n) is 3.40. The van der Waals surface area contributed by atoms with Crippen LogP contribution >= 0.6 is 11.6 Å². The summed E-state index contributed by atoms with van der Waals surface area (Å²) in [6, 6.07) is 4.06. The molecule has 0 aliphatic heterocycles. The van der Waals surface area contributed by atoms with Crippen molar-refractivity contribution >= 4 is 23.2 Å². The van der Waals surface area contributed by atoms with E-state index in [1.807, 2.05) is 0 Å². The minimum absolute atomic E-state index is 0.0293. The zero-order chi connectivity index (χ0) is 15.8. The molecule has 0 saturated heterocycles. The monoisotopic (exact) mass is 314 g/mol. The molecule has 0 radical (unpaired) electrons. The van der Waals surface area contributed by atoms with Gasteiger partial charge < -0.3 is 10.2 Å². The molecule has 0 unspecified atom stereocenters. The number of rotatable bonds is 8. The Bertz CT molecular complexity index is 504. The van der Waals surface area contributed by atoms with Crippen LogP contribution in [0.2, 0.25) is 5.02 Å². The number of nitro benzene ring substituents is 1. The van der Waals surface area contributed by atoms with Gasteiger partial charge >= 0.3 is 0 Å². The molecule has 116 valence electrons. The molecule has 1 aromatic carbocycles. The van der Waals surface area contributed by atoms with Crippen molar-refractivity contribution in [3.63, 3.8) is 0 Å². The van der Waals surface area contributed by atoms with Crippen LogP contribution in [0.5, 0.6) is 0 Å². The number of hydrogen-bond donors (Lipinski definition) is 2. The van der Waals surface area contributed by atoms with Crippen molar-refractivity contribution in [1.29, 1.82) is 0 Å². The van der Waals surface area contributed by atoms with Crippen molar-refractivity contribution in [1.82, 2.24) is 5.32 Å². The van der Waals surface area contributed by atoms with Crippen LogP contribution in [0, 0.1) is 10.1 Å². The molecule has 0 aromatic heterocycles. The van der Waals surface area contributed by atoms with Crippen LogP contribution in [0.3, 0.4) is 0 Å². The van der Waals surface area contributed by atoms with Gasteiger partial charge in [0.15, 0.2) is 0 Å². The number of amides is 1. The molecule has 21 heavy (non-hydrogen) atoms. The van der Waals surface area contributed by atoms with E-state index in [2.05, 4.69) is 19.2 Å². The number of carbonyl (C=O) groups excluding carboxylic acids is 1. The summed E-state index contributed by atoms with van der Waals surface area (Å²) in [6.07, 6.45) is 0.873. The Morgan fingerprint density at radius 3 is 2.62 bits per heavy atom. The molecule has 0 fully saturated rings. The molecule has 2 N–H and O–H groups in total. The second-order valence-corrected chi connectivity index (χ2v) is 5.15. The second-order valence-electron chi connectivity index (χ2n) is 4.74. The third-order valence-corrected chi connectivity index (χ3v) is 3.72. The lowest BCUT2D eigenvalue weighted by atomic mass is 10.2. The number of carbonyl (C=O) groups is 1. The molecule has 1 aromatic rings. The molecule has 0 bridgehead atoms. The Hall–Kier alpha value is -1.66. The van der Waals surface area contributed by atoms with Crippen LogP contribution in [0.1, 0.15) is 30.6 Å². The van der Waals surface area contributed by atoms with Gasteiger partial charge in [0, 0.05) is 24.6 Å². The van der Waals surface area contributed by atoms with E-state index in [0.29, 0.717) is 6.54 Å². The van der Waals surface area contributed by atoms with Gasteiger partial charge in [-0.25, -0.2) is 0 Å². The summed E-state index contributed by atoms with van der Waals surface area (Å²) in [5.74, 6) is -0.315. The summed E-state index contributed by atoms with van der Waals surface area (Å²) in [5, 5.41) is 13.6. The molecule has 0 aliphatic carbocycles. The van der Waals surface area contributed by atoms with Crippen LogP contribution in [0.15, 0.2) is 18.2 Å². The topological polar surface area (TPSA) is 76.7 Å². The fourth-order valence-electron chi connectivity index (χ4n) is 2.04. The maximum Gasteiger partial charge on any atom is 0.288 e. The Morgan fingerprint density at radius 1 is 1.38 bits per heavy atom. The Balaban J connectivity index is 2.53. The van der Waals surface area contributed by atoms with Gasteiger partial charge in [0.1, 0.15) is 5.02 Å². The van der Waals surface area contributed by atoms with Crippen LogP contribution in [0.25, 0.3) is 0 Å². The van der Waals surface area contributed by atoms with Gasteiger partial charge in [-0.05, 0) is 26.0 Å². The third kappa shape index (κ3) is 5.32. The molecule has 0 spiro atoms. The molecule has 0 aliphatic rings. The van der Waals surface area contributed by atoms with E-state index in [1.54, 1.807) is 0 Å². The number of nitrogens with zero attached hydrogens (tertiary/aromatic N) is 1. The molecule has 1 amide bonds. The minimum Gasteiger partial charge on any atom is -0.352 e. The van der Waals surface area contributed by atoms with Crippen LogP contribution < -0.4 is 10.2 Å². The first-order valence-electron chi connectivity index (χ1n) is 7.05. The average Bonchev–Trinajstić information content (AvgIpc) is 2.47. The highest BCUT2D eigenvalue weighted by Gasteiger charge is 2.16. The van der Waals surface area contributed by atoms with E-state index < -0.39 is 4.92 Å². The van der Waals surface area contributed by atoms with Crippen molar-refractivity contribution in [2.45, 2.75) is 20.3 Å². The smallest absolute Gasteiger partial charge is 0.288 e. The molecule has 6 nitrogen and oxygen atoms in total. The van der Waals surface area contributed by atoms with Crippen molar-refractivity contribution in [3.05, 3.63) is 38.9 Å². The SMILES string of the molecule is CC[NH+](CC)CCCNC(=O)c1ccc(Cl)c([N+](=O)[O-])c1. The highest BCUT2D eigenvalue weighted by atomic mass is 35.5. The second kappa shape index (κ2) is 8.59. The quantitative estimate of drug-likeness (QED) is 0.431. The van der Waals surface area contributed by atoms with Crippen LogP contribution in [-0.4, -0.2) is 37.0 Å². The fourth-order valence-corrected chi connectivity index (χ4v) is 2.23. The molecular weight excluding hydrogens is 294 g/mol. The van der Waals surface area contributed by atoms with Crippen LogP contribution in [-0.2, 0) is 0 Å². The molecule has 0 saturated carbocycles. The number of hydrogen-bond acceptors (Lipinski definition) is 3. The Morgan fingerprint density at radius 2 is 2.05 bits per heavy atom. The summed E-state index contributed by atoms with van der Waals surface area (Å²) in [6.45, 7) is 7.93. The molecule has 7 heteroatoms. The molecule has 0 atom stereocenters. The lowest BCUT2D eigenvalue weighted by Gasteiger charge is -2.15. The van der Waals surface area contributed by atoms with Crippen molar-refractivity contribution in [2.24, 2.45) is 0 Å². The summed E-state index contributed by atoms with van der Waals surface area (Å²) < 4.78 is 0. The number of halogens is 1. The number of quaternary nitrogens is 1.